The lowest BCUT2D eigenvalue weighted by Gasteiger charge is -2.33. The highest BCUT2D eigenvalue weighted by Crippen LogP contribution is 2.30. The van der Waals surface area contributed by atoms with Gasteiger partial charge in [0.25, 0.3) is 0 Å². The van der Waals surface area contributed by atoms with E-state index in [1.807, 2.05) is 38.3 Å². The molecular weight excluding hydrogens is 294 g/mol. The number of fused-ring (bicyclic) bond motifs is 1. The van der Waals surface area contributed by atoms with Crippen molar-refractivity contribution in [1.29, 1.82) is 0 Å². The zero-order valence-electron chi connectivity index (χ0n) is 11.8. The van der Waals surface area contributed by atoms with Gasteiger partial charge in [-0.1, -0.05) is 17.7 Å². The van der Waals surface area contributed by atoms with E-state index in [1.54, 1.807) is 11.3 Å². The molecule has 0 unspecified atom stereocenters. The van der Waals surface area contributed by atoms with Crippen LogP contribution in [0.4, 0.5) is 4.79 Å². The van der Waals surface area contributed by atoms with Crippen molar-refractivity contribution in [3.05, 3.63) is 34.2 Å². The summed E-state index contributed by atoms with van der Waals surface area (Å²) in [7, 11) is 0. The number of hydrogen-bond donors (Lipinski definition) is 1. The first kappa shape index (κ1) is 15.1. The zero-order chi connectivity index (χ0) is 14.9. The highest BCUT2D eigenvalue weighted by molar-refractivity contribution is 7.17. The van der Waals surface area contributed by atoms with Crippen molar-refractivity contribution in [2.24, 2.45) is 0 Å². The van der Waals surface area contributed by atoms with Crippen molar-refractivity contribution in [2.75, 3.05) is 6.54 Å². The maximum atomic E-state index is 11.3. The van der Waals surface area contributed by atoms with Crippen LogP contribution < -0.4 is 0 Å². The van der Waals surface area contributed by atoms with E-state index in [4.69, 9.17) is 11.6 Å². The molecule has 108 valence electrons. The Morgan fingerprint density at radius 2 is 2.10 bits per heavy atom. The summed E-state index contributed by atoms with van der Waals surface area (Å²) in [5.74, 6) is 0. The van der Waals surface area contributed by atoms with Crippen LogP contribution in [0.2, 0.25) is 5.02 Å². The molecule has 0 atom stereocenters. The molecule has 20 heavy (non-hydrogen) atoms. The van der Waals surface area contributed by atoms with Crippen LogP contribution in [0.15, 0.2) is 23.6 Å². The second-order valence-corrected chi connectivity index (χ2v) is 7.09. The van der Waals surface area contributed by atoms with Crippen LogP contribution in [-0.4, -0.2) is 28.2 Å². The van der Waals surface area contributed by atoms with Crippen molar-refractivity contribution in [1.82, 2.24) is 4.90 Å². The van der Waals surface area contributed by atoms with Crippen molar-refractivity contribution in [3.63, 3.8) is 0 Å². The molecule has 0 fully saturated rings. The summed E-state index contributed by atoms with van der Waals surface area (Å²) >= 11 is 7.76. The maximum Gasteiger partial charge on any atom is 0.407 e. The van der Waals surface area contributed by atoms with Crippen LogP contribution in [-0.2, 0) is 6.42 Å². The van der Waals surface area contributed by atoms with Gasteiger partial charge >= 0.3 is 6.09 Å². The van der Waals surface area contributed by atoms with Gasteiger partial charge in [0, 0.05) is 27.5 Å². The Labute approximate surface area is 127 Å². The van der Waals surface area contributed by atoms with Crippen LogP contribution >= 0.6 is 22.9 Å². The highest BCUT2D eigenvalue weighted by Gasteiger charge is 2.25. The summed E-state index contributed by atoms with van der Waals surface area (Å²) in [6, 6.07) is 6.14. The molecule has 0 radical (unpaired) electrons. The minimum absolute atomic E-state index is 0.393. The zero-order valence-corrected chi connectivity index (χ0v) is 13.4. The molecule has 1 aromatic heterocycles. The number of carboxylic acid groups (broad SMARTS) is 1. The standard InChI is InChI=1S/C15H18ClNO2S/c1-15(2,3)17(14(18)19)7-6-10-4-5-13-11(8-10)12(16)9-20-13/h4-5,8-9H,6-7H2,1-3H3,(H,18,19). The Kier molecular flexibility index (Phi) is 4.25. The Hall–Kier alpha value is -1.26. The minimum atomic E-state index is -0.882. The van der Waals surface area contributed by atoms with Crippen molar-refractivity contribution in [2.45, 2.75) is 32.7 Å². The van der Waals surface area contributed by atoms with Crippen LogP contribution in [0, 0.1) is 0 Å². The first-order valence-electron chi connectivity index (χ1n) is 6.45. The number of halogens is 1. The van der Waals surface area contributed by atoms with Crippen molar-refractivity contribution < 1.29 is 9.90 Å². The van der Waals surface area contributed by atoms with E-state index in [1.165, 1.54) is 4.90 Å². The van der Waals surface area contributed by atoms with Gasteiger partial charge in [-0.15, -0.1) is 11.3 Å². The molecule has 0 aliphatic heterocycles. The van der Waals surface area contributed by atoms with Crippen molar-refractivity contribution >= 4 is 39.1 Å². The number of amides is 1. The van der Waals surface area contributed by atoms with E-state index in [0.717, 1.165) is 20.7 Å². The average molecular weight is 312 g/mol. The lowest BCUT2D eigenvalue weighted by atomic mass is 10.0. The molecule has 1 amide bonds. The SMILES string of the molecule is CC(C)(C)N(CCc1ccc2scc(Cl)c2c1)C(=O)O. The molecule has 2 rings (SSSR count). The number of rotatable bonds is 3. The van der Waals surface area contributed by atoms with Crippen molar-refractivity contribution in [3.8, 4) is 0 Å². The molecule has 3 nitrogen and oxygen atoms in total. The first-order chi connectivity index (χ1) is 9.29. The lowest BCUT2D eigenvalue weighted by molar-refractivity contribution is 0.101. The van der Waals surface area contributed by atoms with Gasteiger partial charge in [-0.25, -0.2) is 4.79 Å². The van der Waals surface area contributed by atoms with E-state index >= 15 is 0 Å². The molecule has 5 heteroatoms. The quantitative estimate of drug-likeness (QED) is 0.878. The molecule has 2 aromatic rings. The van der Waals surface area contributed by atoms with E-state index in [0.29, 0.717) is 13.0 Å². The monoisotopic (exact) mass is 311 g/mol. The number of benzene rings is 1. The van der Waals surface area contributed by atoms with Gasteiger partial charge in [-0.3, -0.25) is 0 Å². The average Bonchev–Trinajstić information content (AvgIpc) is 2.69. The number of carbonyl (C=O) groups is 1. The van der Waals surface area contributed by atoms with Gasteiger partial charge in [-0.05, 0) is 44.9 Å². The van der Waals surface area contributed by atoms with Gasteiger partial charge in [0.1, 0.15) is 0 Å². The summed E-state index contributed by atoms with van der Waals surface area (Å²) in [5, 5.41) is 13.0. The predicted octanol–water partition coefficient (Wildman–Crippen LogP) is 4.88. The normalized spacial score (nSPS) is 11.8. The van der Waals surface area contributed by atoms with E-state index < -0.39 is 11.6 Å². The molecule has 1 aromatic carbocycles. The number of hydrogen-bond acceptors (Lipinski definition) is 2. The molecule has 0 bridgehead atoms. The van der Waals surface area contributed by atoms with E-state index in [-0.39, 0.29) is 0 Å². The van der Waals surface area contributed by atoms with Gasteiger partial charge in [0.15, 0.2) is 0 Å². The molecule has 0 saturated carbocycles. The first-order valence-corrected chi connectivity index (χ1v) is 7.71. The summed E-state index contributed by atoms with van der Waals surface area (Å²) < 4.78 is 1.16. The number of thiophene rings is 1. The number of nitrogens with zero attached hydrogens (tertiary/aromatic N) is 1. The fourth-order valence-corrected chi connectivity index (χ4v) is 3.31. The Balaban J connectivity index is 2.15. The smallest absolute Gasteiger partial charge is 0.407 e. The largest absolute Gasteiger partial charge is 0.465 e. The second-order valence-electron chi connectivity index (χ2n) is 5.77. The topological polar surface area (TPSA) is 40.5 Å². The molecule has 0 saturated heterocycles. The van der Waals surface area contributed by atoms with Crippen LogP contribution in [0.1, 0.15) is 26.3 Å². The fraction of sp³-hybridized carbons (Fsp3) is 0.400. The molecular formula is C15H18ClNO2S. The van der Waals surface area contributed by atoms with Crippen LogP contribution in [0.25, 0.3) is 10.1 Å². The third-order valence-corrected chi connectivity index (χ3v) is 4.66. The molecule has 0 aliphatic carbocycles. The van der Waals surface area contributed by atoms with Crippen LogP contribution in [0.3, 0.4) is 0 Å². The Morgan fingerprint density at radius 1 is 1.40 bits per heavy atom. The minimum Gasteiger partial charge on any atom is -0.465 e. The van der Waals surface area contributed by atoms with Gasteiger partial charge in [-0.2, -0.15) is 0 Å². The van der Waals surface area contributed by atoms with E-state index in [9.17, 15) is 9.90 Å². The predicted molar refractivity (Wildman–Crippen MR) is 85.0 cm³/mol. The third kappa shape index (κ3) is 3.25. The summed E-state index contributed by atoms with van der Waals surface area (Å²) in [6.07, 6.45) is -0.196. The highest BCUT2D eigenvalue weighted by atomic mass is 35.5. The summed E-state index contributed by atoms with van der Waals surface area (Å²) in [6.45, 7) is 6.19. The molecule has 0 spiro atoms. The van der Waals surface area contributed by atoms with Crippen LogP contribution in [0.5, 0.6) is 0 Å². The fourth-order valence-electron chi connectivity index (χ4n) is 2.16. The Bertz CT molecular complexity index is 630. The van der Waals surface area contributed by atoms with Gasteiger partial charge < -0.3 is 10.0 Å². The summed E-state index contributed by atoms with van der Waals surface area (Å²) in [5.41, 5.74) is 0.712. The molecule has 1 heterocycles. The third-order valence-electron chi connectivity index (χ3n) is 3.26. The maximum absolute atomic E-state index is 11.3. The molecule has 1 N–H and O–H groups in total. The van der Waals surface area contributed by atoms with Gasteiger partial charge in [0.2, 0.25) is 0 Å². The second kappa shape index (κ2) is 5.62. The molecule has 0 aliphatic rings. The summed E-state index contributed by atoms with van der Waals surface area (Å²) in [4.78, 5) is 12.8. The lowest BCUT2D eigenvalue weighted by Crippen LogP contribution is -2.45. The van der Waals surface area contributed by atoms with E-state index in [2.05, 4.69) is 6.07 Å². The van der Waals surface area contributed by atoms with Gasteiger partial charge in [0.05, 0.1) is 5.02 Å². The Morgan fingerprint density at radius 3 is 2.70 bits per heavy atom.